The summed E-state index contributed by atoms with van der Waals surface area (Å²) in [4.78, 5) is 29.0. The van der Waals surface area contributed by atoms with Gasteiger partial charge in [-0.1, -0.05) is 6.07 Å². The molecule has 6 nitrogen and oxygen atoms in total. The number of aromatic nitrogens is 1. The molecule has 0 saturated carbocycles. The van der Waals surface area contributed by atoms with Gasteiger partial charge in [0, 0.05) is 31.4 Å². The number of carbonyl (C=O) groups excluding carboxylic acids is 1. The van der Waals surface area contributed by atoms with Gasteiger partial charge in [-0.15, -0.1) is 0 Å². The monoisotopic (exact) mass is 292 g/mol. The Hall–Kier alpha value is -2.11. The van der Waals surface area contributed by atoms with Crippen molar-refractivity contribution in [2.24, 2.45) is 5.92 Å². The molecule has 0 bridgehead atoms. The molecule has 0 aromatic carbocycles. The van der Waals surface area contributed by atoms with Gasteiger partial charge in [0.1, 0.15) is 5.60 Å². The molecule has 0 unspecified atom stereocenters. The van der Waals surface area contributed by atoms with Gasteiger partial charge in [0.25, 0.3) is 0 Å². The Balaban J connectivity index is 2.16. The summed E-state index contributed by atoms with van der Waals surface area (Å²) >= 11 is 0. The molecule has 2 heterocycles. The lowest BCUT2D eigenvalue weighted by molar-refractivity contribution is -0.141. The van der Waals surface area contributed by atoms with Crippen molar-refractivity contribution >= 4 is 12.1 Å². The van der Waals surface area contributed by atoms with E-state index in [1.165, 1.54) is 4.90 Å². The highest BCUT2D eigenvalue weighted by atomic mass is 16.6. The van der Waals surface area contributed by atoms with Gasteiger partial charge in [-0.25, -0.2) is 4.79 Å². The molecule has 0 aliphatic carbocycles. The summed E-state index contributed by atoms with van der Waals surface area (Å²) in [6.07, 6.45) is 2.82. The summed E-state index contributed by atoms with van der Waals surface area (Å²) in [6, 6.07) is 3.61. The fourth-order valence-electron chi connectivity index (χ4n) is 2.46. The minimum absolute atomic E-state index is 0.157. The molecule has 2 atom stereocenters. The number of hydrogen-bond acceptors (Lipinski definition) is 4. The second-order valence-electron chi connectivity index (χ2n) is 6.22. The van der Waals surface area contributed by atoms with Crippen molar-refractivity contribution in [3.8, 4) is 0 Å². The zero-order chi connectivity index (χ0) is 15.6. The number of carbonyl (C=O) groups is 2. The summed E-state index contributed by atoms with van der Waals surface area (Å²) in [5.74, 6) is -1.81. The van der Waals surface area contributed by atoms with Crippen molar-refractivity contribution in [3.05, 3.63) is 30.1 Å². The van der Waals surface area contributed by atoms with E-state index >= 15 is 0 Å². The van der Waals surface area contributed by atoms with Crippen molar-refractivity contribution in [1.82, 2.24) is 9.88 Å². The van der Waals surface area contributed by atoms with Crippen LogP contribution in [-0.2, 0) is 9.53 Å². The second kappa shape index (κ2) is 5.71. The van der Waals surface area contributed by atoms with Gasteiger partial charge in [-0.05, 0) is 32.4 Å². The van der Waals surface area contributed by atoms with Gasteiger partial charge < -0.3 is 14.7 Å². The van der Waals surface area contributed by atoms with Crippen LogP contribution in [0, 0.1) is 5.92 Å². The largest absolute Gasteiger partial charge is 0.481 e. The molecule has 21 heavy (non-hydrogen) atoms. The number of hydrogen-bond donors (Lipinski definition) is 1. The Bertz CT molecular complexity index is 524. The molecule has 114 valence electrons. The van der Waals surface area contributed by atoms with Crippen LogP contribution in [0.25, 0.3) is 0 Å². The minimum Gasteiger partial charge on any atom is -0.481 e. The molecule has 6 heteroatoms. The normalized spacial score (nSPS) is 22.1. The van der Waals surface area contributed by atoms with Crippen LogP contribution in [0.2, 0.25) is 0 Å². The Kier molecular flexibility index (Phi) is 4.16. The number of nitrogens with zero attached hydrogens (tertiary/aromatic N) is 2. The lowest BCUT2D eigenvalue weighted by Gasteiger charge is -2.24. The summed E-state index contributed by atoms with van der Waals surface area (Å²) in [6.45, 7) is 5.85. The van der Waals surface area contributed by atoms with Gasteiger partial charge in [0.2, 0.25) is 0 Å². The number of carboxylic acids is 1. The second-order valence-corrected chi connectivity index (χ2v) is 6.22. The fraction of sp³-hybridized carbons (Fsp3) is 0.533. The predicted octanol–water partition coefficient (Wildman–Crippen LogP) is 2.12. The molecule has 1 aromatic heterocycles. The highest BCUT2D eigenvalue weighted by Gasteiger charge is 2.41. The third-order valence-corrected chi connectivity index (χ3v) is 3.40. The van der Waals surface area contributed by atoms with E-state index in [2.05, 4.69) is 4.98 Å². The number of pyridine rings is 1. The van der Waals surface area contributed by atoms with E-state index in [4.69, 9.17) is 4.74 Å². The van der Waals surface area contributed by atoms with Gasteiger partial charge in [-0.3, -0.25) is 9.78 Å². The summed E-state index contributed by atoms with van der Waals surface area (Å²) in [7, 11) is 0. The Labute approximate surface area is 123 Å². The quantitative estimate of drug-likeness (QED) is 0.903. The zero-order valence-electron chi connectivity index (χ0n) is 12.4. The van der Waals surface area contributed by atoms with E-state index in [0.717, 1.165) is 5.56 Å². The van der Waals surface area contributed by atoms with Gasteiger partial charge in [-0.2, -0.15) is 0 Å². The van der Waals surface area contributed by atoms with Gasteiger partial charge in [0.05, 0.1) is 5.92 Å². The van der Waals surface area contributed by atoms with E-state index in [0.29, 0.717) is 6.54 Å². The van der Waals surface area contributed by atoms with E-state index in [1.54, 1.807) is 39.2 Å². The van der Waals surface area contributed by atoms with Crippen molar-refractivity contribution in [2.45, 2.75) is 32.3 Å². The van der Waals surface area contributed by atoms with Crippen LogP contribution in [0.15, 0.2) is 24.5 Å². The smallest absolute Gasteiger partial charge is 0.410 e. The number of likely N-dealkylation sites (tertiary alicyclic amines) is 1. The molecule has 0 spiro atoms. The fourth-order valence-corrected chi connectivity index (χ4v) is 2.46. The lowest BCUT2D eigenvalue weighted by Crippen LogP contribution is -2.35. The van der Waals surface area contributed by atoms with Gasteiger partial charge >= 0.3 is 12.1 Å². The Morgan fingerprint density at radius 1 is 1.38 bits per heavy atom. The average Bonchev–Trinajstić information content (AvgIpc) is 2.83. The highest BCUT2D eigenvalue weighted by molar-refractivity contribution is 5.75. The molecular weight excluding hydrogens is 272 g/mol. The van der Waals surface area contributed by atoms with Crippen molar-refractivity contribution in [1.29, 1.82) is 0 Å². The highest BCUT2D eigenvalue weighted by Crippen LogP contribution is 2.33. The molecular formula is C15H20N2O4. The van der Waals surface area contributed by atoms with Crippen LogP contribution in [0.1, 0.15) is 32.3 Å². The molecule has 1 N–H and O–H groups in total. The van der Waals surface area contributed by atoms with Crippen molar-refractivity contribution in [3.63, 3.8) is 0 Å². The lowest BCUT2D eigenvalue weighted by atomic mass is 9.90. The topological polar surface area (TPSA) is 79.7 Å². The van der Waals surface area contributed by atoms with Crippen molar-refractivity contribution < 1.29 is 19.4 Å². The Morgan fingerprint density at radius 2 is 2.10 bits per heavy atom. The van der Waals surface area contributed by atoms with Crippen LogP contribution in [0.4, 0.5) is 4.79 Å². The molecule has 1 amide bonds. The third kappa shape index (κ3) is 3.71. The number of rotatable bonds is 2. The standard InChI is InChI=1S/C15H20N2O4/c1-15(2,3)21-14(20)17-8-11(12(9-17)13(18)19)10-5-4-6-16-7-10/h4-7,11-12H,8-9H2,1-3H3,(H,18,19)/t11-,12-/m1/s1. The first-order valence-corrected chi connectivity index (χ1v) is 6.88. The molecule has 2 rings (SSSR count). The van der Waals surface area contributed by atoms with Crippen LogP contribution in [0.5, 0.6) is 0 Å². The molecule has 1 fully saturated rings. The maximum absolute atomic E-state index is 12.1. The maximum atomic E-state index is 12.1. The van der Waals surface area contributed by atoms with Crippen molar-refractivity contribution in [2.75, 3.05) is 13.1 Å². The molecule has 1 saturated heterocycles. The SMILES string of the molecule is CC(C)(C)OC(=O)N1C[C@H](c2cccnc2)[C@H](C(=O)O)C1. The number of amides is 1. The average molecular weight is 292 g/mol. The minimum atomic E-state index is -0.907. The first-order valence-electron chi connectivity index (χ1n) is 6.88. The molecule has 1 aromatic rings. The first-order chi connectivity index (χ1) is 9.78. The van der Waals surface area contributed by atoms with Crippen LogP contribution >= 0.6 is 0 Å². The zero-order valence-corrected chi connectivity index (χ0v) is 12.4. The van der Waals surface area contributed by atoms with Crippen LogP contribution in [-0.4, -0.2) is 45.7 Å². The predicted molar refractivity (Wildman–Crippen MR) is 75.9 cm³/mol. The summed E-state index contributed by atoms with van der Waals surface area (Å²) in [5, 5.41) is 9.38. The maximum Gasteiger partial charge on any atom is 0.410 e. The van der Waals surface area contributed by atoms with Crippen LogP contribution in [0.3, 0.4) is 0 Å². The summed E-state index contributed by atoms with van der Waals surface area (Å²) in [5.41, 5.74) is 0.235. The number of carboxylic acid groups (broad SMARTS) is 1. The van der Waals surface area contributed by atoms with E-state index in [1.807, 2.05) is 6.07 Å². The van der Waals surface area contributed by atoms with E-state index in [9.17, 15) is 14.7 Å². The Morgan fingerprint density at radius 3 is 2.62 bits per heavy atom. The third-order valence-electron chi connectivity index (χ3n) is 3.40. The van der Waals surface area contributed by atoms with E-state index in [-0.39, 0.29) is 12.5 Å². The number of ether oxygens (including phenoxy) is 1. The summed E-state index contributed by atoms with van der Waals surface area (Å²) < 4.78 is 5.31. The van der Waals surface area contributed by atoms with Gasteiger partial charge in [0.15, 0.2) is 0 Å². The first kappa shape index (κ1) is 15.3. The molecule has 1 aliphatic rings. The molecule has 1 aliphatic heterocycles. The van der Waals surface area contributed by atoms with Crippen LogP contribution < -0.4 is 0 Å². The molecule has 0 radical (unpaired) electrons. The number of aliphatic carboxylic acids is 1. The van der Waals surface area contributed by atoms with E-state index < -0.39 is 23.6 Å².